The lowest BCUT2D eigenvalue weighted by atomic mass is 9.97. The van der Waals surface area contributed by atoms with Crippen molar-refractivity contribution in [1.82, 2.24) is 20.4 Å². The molecule has 0 aliphatic carbocycles. The maximum atomic E-state index is 12.3. The molecule has 3 aliphatic heterocycles. The fraction of sp³-hybridized carbons (Fsp3) is 0.846. The summed E-state index contributed by atoms with van der Waals surface area (Å²) in [6, 6.07) is 0.223. The van der Waals surface area contributed by atoms with Gasteiger partial charge in [-0.3, -0.25) is 9.59 Å². The number of amides is 2. The number of hydrogen-bond donors (Lipinski definition) is 2. The van der Waals surface area contributed by atoms with Crippen molar-refractivity contribution in [2.75, 3.05) is 45.8 Å². The van der Waals surface area contributed by atoms with Gasteiger partial charge in [0.1, 0.15) is 0 Å². The van der Waals surface area contributed by atoms with Gasteiger partial charge in [0.15, 0.2) is 0 Å². The summed E-state index contributed by atoms with van der Waals surface area (Å²) < 4.78 is 0. The maximum absolute atomic E-state index is 12.3. The van der Waals surface area contributed by atoms with E-state index in [9.17, 15) is 9.59 Å². The first-order valence-corrected chi connectivity index (χ1v) is 7.25. The molecule has 0 saturated carbocycles. The van der Waals surface area contributed by atoms with Gasteiger partial charge in [-0.05, 0) is 12.8 Å². The highest BCUT2D eigenvalue weighted by atomic mass is 16.2. The lowest BCUT2D eigenvalue weighted by Gasteiger charge is -2.42. The van der Waals surface area contributed by atoms with Crippen LogP contribution in [-0.4, -0.2) is 73.5 Å². The average Bonchev–Trinajstić information content (AvgIpc) is 2.37. The molecule has 0 bridgehead atoms. The van der Waals surface area contributed by atoms with Crippen LogP contribution >= 0.6 is 0 Å². The van der Waals surface area contributed by atoms with Crippen molar-refractivity contribution in [3.05, 3.63) is 0 Å². The van der Waals surface area contributed by atoms with Crippen molar-refractivity contribution in [1.29, 1.82) is 0 Å². The molecular formula is C13H22N4O2. The summed E-state index contributed by atoms with van der Waals surface area (Å²) in [6.07, 6.45) is 2.03. The number of likely N-dealkylation sites (tertiary alicyclic amines) is 1. The number of rotatable bonds is 2. The second-order valence-electron chi connectivity index (χ2n) is 5.70. The molecule has 3 fully saturated rings. The number of nitrogens with one attached hydrogen (secondary N) is 2. The minimum atomic E-state index is 0.164. The van der Waals surface area contributed by atoms with Crippen molar-refractivity contribution in [3.8, 4) is 0 Å². The molecule has 1 unspecified atom stereocenters. The normalized spacial score (nSPS) is 29.3. The van der Waals surface area contributed by atoms with E-state index in [1.165, 1.54) is 0 Å². The van der Waals surface area contributed by atoms with Crippen LogP contribution in [0.4, 0.5) is 0 Å². The van der Waals surface area contributed by atoms with Gasteiger partial charge in [0.2, 0.25) is 11.8 Å². The van der Waals surface area contributed by atoms with E-state index in [0.717, 1.165) is 52.1 Å². The van der Waals surface area contributed by atoms with Gasteiger partial charge in [-0.15, -0.1) is 0 Å². The molecule has 19 heavy (non-hydrogen) atoms. The Bertz CT molecular complexity index is 370. The van der Waals surface area contributed by atoms with Crippen LogP contribution in [0, 0.1) is 5.92 Å². The van der Waals surface area contributed by atoms with E-state index in [-0.39, 0.29) is 23.8 Å². The predicted octanol–water partition coefficient (Wildman–Crippen LogP) is -1.37. The van der Waals surface area contributed by atoms with Crippen LogP contribution in [0.1, 0.15) is 12.8 Å². The number of piperidine rings is 1. The highest BCUT2D eigenvalue weighted by Crippen LogP contribution is 2.19. The Morgan fingerprint density at radius 1 is 1.21 bits per heavy atom. The van der Waals surface area contributed by atoms with Crippen molar-refractivity contribution in [2.45, 2.75) is 18.9 Å². The Morgan fingerprint density at radius 2 is 2.05 bits per heavy atom. The van der Waals surface area contributed by atoms with E-state index in [1.54, 1.807) is 0 Å². The third kappa shape index (κ3) is 2.60. The second kappa shape index (κ2) is 5.46. The summed E-state index contributed by atoms with van der Waals surface area (Å²) in [5.74, 6) is 0.611. The molecule has 0 aromatic rings. The molecule has 2 amide bonds. The zero-order valence-electron chi connectivity index (χ0n) is 11.2. The Hall–Kier alpha value is -1.14. The Labute approximate surface area is 113 Å². The van der Waals surface area contributed by atoms with Crippen molar-refractivity contribution in [3.63, 3.8) is 0 Å². The maximum Gasteiger partial charge on any atom is 0.236 e. The summed E-state index contributed by atoms with van der Waals surface area (Å²) in [7, 11) is 0. The predicted molar refractivity (Wildman–Crippen MR) is 70.5 cm³/mol. The molecule has 106 valence electrons. The summed E-state index contributed by atoms with van der Waals surface area (Å²) in [5, 5.41) is 6.24. The van der Waals surface area contributed by atoms with Gasteiger partial charge in [0.25, 0.3) is 0 Å². The van der Waals surface area contributed by atoms with E-state index in [2.05, 4.69) is 10.6 Å². The molecule has 0 aromatic heterocycles. The monoisotopic (exact) mass is 266 g/mol. The molecule has 0 radical (unpaired) electrons. The van der Waals surface area contributed by atoms with Gasteiger partial charge in [-0.25, -0.2) is 0 Å². The SMILES string of the molecule is O=C(C1CNC1)N1CCCC(N2CCNCC2=O)C1. The topological polar surface area (TPSA) is 64.7 Å². The molecule has 0 spiro atoms. The molecule has 1 atom stereocenters. The lowest BCUT2D eigenvalue weighted by molar-refractivity contribution is -0.143. The first kappa shape index (κ1) is 12.9. The zero-order chi connectivity index (χ0) is 13.2. The first-order valence-electron chi connectivity index (χ1n) is 7.25. The molecule has 6 heteroatoms. The van der Waals surface area contributed by atoms with Gasteiger partial charge in [0.05, 0.1) is 12.5 Å². The molecule has 3 aliphatic rings. The van der Waals surface area contributed by atoms with Gasteiger partial charge in [0, 0.05) is 45.3 Å². The standard InChI is InChI=1S/C13H22N4O2/c18-12-8-14-3-5-17(12)11-2-1-4-16(9-11)13(19)10-6-15-7-10/h10-11,14-15H,1-9H2. The van der Waals surface area contributed by atoms with Gasteiger partial charge < -0.3 is 20.4 Å². The number of carbonyl (C=O) groups is 2. The molecule has 0 aromatic carbocycles. The van der Waals surface area contributed by atoms with Crippen LogP contribution < -0.4 is 10.6 Å². The number of carbonyl (C=O) groups excluding carboxylic acids is 2. The summed E-state index contributed by atoms with van der Waals surface area (Å²) in [5.41, 5.74) is 0. The smallest absolute Gasteiger partial charge is 0.236 e. The minimum absolute atomic E-state index is 0.164. The second-order valence-corrected chi connectivity index (χ2v) is 5.70. The fourth-order valence-electron chi connectivity index (χ4n) is 3.14. The van der Waals surface area contributed by atoms with Crippen molar-refractivity contribution >= 4 is 11.8 Å². The Kier molecular flexibility index (Phi) is 3.70. The first-order chi connectivity index (χ1) is 9.25. The molecule has 3 saturated heterocycles. The van der Waals surface area contributed by atoms with Gasteiger partial charge in [-0.1, -0.05) is 0 Å². The summed E-state index contributed by atoms with van der Waals surface area (Å²) >= 11 is 0. The van der Waals surface area contributed by atoms with E-state index in [0.29, 0.717) is 6.54 Å². The number of nitrogens with zero attached hydrogens (tertiary/aromatic N) is 2. The van der Waals surface area contributed by atoms with Crippen LogP contribution in [0.25, 0.3) is 0 Å². The molecule has 3 rings (SSSR count). The van der Waals surface area contributed by atoms with Crippen LogP contribution in [0.3, 0.4) is 0 Å². The van der Waals surface area contributed by atoms with Crippen LogP contribution in [0.2, 0.25) is 0 Å². The van der Waals surface area contributed by atoms with Crippen LogP contribution in [0.15, 0.2) is 0 Å². The third-order valence-electron chi connectivity index (χ3n) is 4.41. The zero-order valence-corrected chi connectivity index (χ0v) is 11.2. The van der Waals surface area contributed by atoms with Crippen LogP contribution in [-0.2, 0) is 9.59 Å². The quantitative estimate of drug-likeness (QED) is 0.647. The third-order valence-corrected chi connectivity index (χ3v) is 4.41. The lowest BCUT2D eigenvalue weighted by Crippen LogP contribution is -2.59. The summed E-state index contributed by atoms with van der Waals surface area (Å²) in [4.78, 5) is 28.1. The molecule has 2 N–H and O–H groups in total. The minimum Gasteiger partial charge on any atom is -0.340 e. The molecule has 3 heterocycles. The Balaban J connectivity index is 1.60. The van der Waals surface area contributed by atoms with E-state index in [4.69, 9.17) is 0 Å². The van der Waals surface area contributed by atoms with E-state index < -0.39 is 0 Å². The highest BCUT2D eigenvalue weighted by Gasteiger charge is 2.35. The van der Waals surface area contributed by atoms with Crippen molar-refractivity contribution < 1.29 is 9.59 Å². The summed E-state index contributed by atoms with van der Waals surface area (Å²) in [6.45, 7) is 5.28. The van der Waals surface area contributed by atoms with Gasteiger partial charge >= 0.3 is 0 Å². The Morgan fingerprint density at radius 3 is 2.74 bits per heavy atom. The highest BCUT2D eigenvalue weighted by molar-refractivity contribution is 5.81. The molecule has 6 nitrogen and oxygen atoms in total. The number of piperazine rings is 1. The van der Waals surface area contributed by atoms with E-state index in [1.807, 2.05) is 9.80 Å². The largest absolute Gasteiger partial charge is 0.340 e. The van der Waals surface area contributed by atoms with Gasteiger partial charge in [-0.2, -0.15) is 0 Å². The van der Waals surface area contributed by atoms with Crippen molar-refractivity contribution in [2.24, 2.45) is 5.92 Å². The average molecular weight is 266 g/mol. The number of hydrogen-bond acceptors (Lipinski definition) is 4. The fourth-order valence-corrected chi connectivity index (χ4v) is 3.14. The molecular weight excluding hydrogens is 244 g/mol. The van der Waals surface area contributed by atoms with E-state index >= 15 is 0 Å². The van der Waals surface area contributed by atoms with Crippen LogP contribution in [0.5, 0.6) is 0 Å².